The van der Waals surface area contributed by atoms with Crippen LogP contribution in [-0.2, 0) is 6.61 Å². The van der Waals surface area contributed by atoms with Gasteiger partial charge in [-0.05, 0) is 55.3 Å². The predicted octanol–water partition coefficient (Wildman–Crippen LogP) is 3.54. The van der Waals surface area contributed by atoms with Crippen LogP contribution in [-0.4, -0.2) is 9.38 Å². The SMILES string of the molecule is Cc1ccn2c(=O)cc(COc3ccc(Cl)c(C)c3)nc2c1. The number of rotatable bonds is 3. The molecule has 0 spiro atoms. The van der Waals surface area contributed by atoms with Crippen molar-refractivity contribution in [3.63, 3.8) is 0 Å². The van der Waals surface area contributed by atoms with E-state index in [0.29, 0.717) is 22.1 Å². The number of aryl methyl sites for hydroxylation is 2. The van der Waals surface area contributed by atoms with Gasteiger partial charge in [0, 0.05) is 17.3 Å². The number of hydrogen-bond acceptors (Lipinski definition) is 3. The molecule has 0 saturated carbocycles. The van der Waals surface area contributed by atoms with Gasteiger partial charge < -0.3 is 4.74 Å². The van der Waals surface area contributed by atoms with Crippen molar-refractivity contribution in [3.05, 3.63) is 74.8 Å². The smallest absolute Gasteiger partial charge is 0.258 e. The van der Waals surface area contributed by atoms with Gasteiger partial charge in [0.2, 0.25) is 0 Å². The second kappa shape index (κ2) is 5.81. The first-order valence-electron chi connectivity index (χ1n) is 6.91. The molecule has 0 aliphatic heterocycles. The van der Waals surface area contributed by atoms with E-state index in [1.54, 1.807) is 18.3 Å². The van der Waals surface area contributed by atoms with Gasteiger partial charge in [0.05, 0.1) is 5.69 Å². The summed E-state index contributed by atoms with van der Waals surface area (Å²) in [7, 11) is 0. The van der Waals surface area contributed by atoms with Crippen molar-refractivity contribution < 1.29 is 4.74 Å². The highest BCUT2D eigenvalue weighted by Gasteiger charge is 2.04. The number of hydrogen-bond donors (Lipinski definition) is 0. The maximum Gasteiger partial charge on any atom is 0.258 e. The number of ether oxygens (including phenoxy) is 1. The summed E-state index contributed by atoms with van der Waals surface area (Å²) in [5.41, 5.74) is 3.11. The van der Waals surface area contributed by atoms with Crippen LogP contribution in [0.1, 0.15) is 16.8 Å². The molecule has 4 nitrogen and oxygen atoms in total. The van der Waals surface area contributed by atoms with Crippen LogP contribution in [0.5, 0.6) is 5.75 Å². The number of nitrogens with zero attached hydrogens (tertiary/aromatic N) is 2. The summed E-state index contributed by atoms with van der Waals surface area (Å²) in [4.78, 5) is 16.5. The van der Waals surface area contributed by atoms with Gasteiger partial charge >= 0.3 is 0 Å². The van der Waals surface area contributed by atoms with E-state index in [1.807, 2.05) is 32.0 Å². The van der Waals surface area contributed by atoms with Crippen molar-refractivity contribution in [1.82, 2.24) is 9.38 Å². The van der Waals surface area contributed by atoms with Gasteiger partial charge in [-0.15, -0.1) is 0 Å². The van der Waals surface area contributed by atoms with Crippen molar-refractivity contribution in [2.24, 2.45) is 0 Å². The second-order valence-electron chi connectivity index (χ2n) is 5.22. The van der Waals surface area contributed by atoms with Gasteiger partial charge in [-0.3, -0.25) is 9.20 Å². The standard InChI is InChI=1S/C17H15ClN2O2/c1-11-5-6-20-16(7-11)19-13(9-17(20)21)10-22-14-3-4-15(18)12(2)8-14/h3-9H,10H2,1-2H3. The average molecular weight is 315 g/mol. The summed E-state index contributed by atoms with van der Waals surface area (Å²) in [6, 6.07) is 10.7. The van der Waals surface area contributed by atoms with E-state index in [0.717, 1.165) is 11.1 Å². The molecule has 0 N–H and O–H groups in total. The Balaban J connectivity index is 1.87. The Morgan fingerprint density at radius 2 is 2.00 bits per heavy atom. The molecule has 0 fully saturated rings. The first kappa shape index (κ1) is 14.6. The normalized spacial score (nSPS) is 10.9. The Morgan fingerprint density at radius 1 is 1.18 bits per heavy atom. The molecule has 2 heterocycles. The minimum absolute atomic E-state index is 0.115. The maximum atomic E-state index is 12.1. The molecule has 3 aromatic rings. The van der Waals surface area contributed by atoms with Gasteiger partial charge in [-0.2, -0.15) is 0 Å². The van der Waals surface area contributed by atoms with E-state index in [-0.39, 0.29) is 12.2 Å². The van der Waals surface area contributed by atoms with Crippen LogP contribution < -0.4 is 10.3 Å². The van der Waals surface area contributed by atoms with E-state index in [4.69, 9.17) is 16.3 Å². The molecule has 0 unspecified atom stereocenters. The summed E-state index contributed by atoms with van der Waals surface area (Å²) < 4.78 is 7.21. The fraction of sp³-hybridized carbons (Fsp3) is 0.176. The Labute approximate surface area is 133 Å². The lowest BCUT2D eigenvalue weighted by Crippen LogP contribution is -2.16. The minimum atomic E-state index is -0.115. The fourth-order valence-electron chi connectivity index (χ4n) is 2.19. The third kappa shape index (κ3) is 2.97. The van der Waals surface area contributed by atoms with Crippen LogP contribution in [0, 0.1) is 13.8 Å². The van der Waals surface area contributed by atoms with Crippen LogP contribution >= 0.6 is 11.6 Å². The molecular formula is C17H15ClN2O2. The summed E-state index contributed by atoms with van der Waals surface area (Å²) in [6.07, 6.45) is 1.73. The number of fused-ring (bicyclic) bond motifs is 1. The zero-order valence-electron chi connectivity index (χ0n) is 12.3. The van der Waals surface area contributed by atoms with E-state index in [1.165, 1.54) is 10.5 Å². The molecule has 0 amide bonds. The van der Waals surface area contributed by atoms with E-state index >= 15 is 0 Å². The van der Waals surface area contributed by atoms with Crippen LogP contribution in [0.4, 0.5) is 0 Å². The van der Waals surface area contributed by atoms with Crippen molar-refractivity contribution in [3.8, 4) is 5.75 Å². The third-order valence-electron chi connectivity index (χ3n) is 3.39. The Kier molecular flexibility index (Phi) is 3.86. The molecule has 2 aromatic heterocycles. The summed E-state index contributed by atoms with van der Waals surface area (Å²) >= 11 is 5.99. The monoisotopic (exact) mass is 314 g/mol. The molecule has 0 atom stereocenters. The van der Waals surface area contributed by atoms with Gasteiger partial charge in [-0.25, -0.2) is 4.98 Å². The second-order valence-corrected chi connectivity index (χ2v) is 5.62. The number of halogens is 1. The van der Waals surface area contributed by atoms with E-state index < -0.39 is 0 Å². The van der Waals surface area contributed by atoms with Gasteiger partial charge in [0.1, 0.15) is 18.0 Å². The zero-order chi connectivity index (χ0) is 15.7. The van der Waals surface area contributed by atoms with Gasteiger partial charge in [0.25, 0.3) is 5.56 Å². The maximum absolute atomic E-state index is 12.1. The molecule has 112 valence electrons. The molecule has 1 aromatic carbocycles. The van der Waals surface area contributed by atoms with Crippen LogP contribution in [0.3, 0.4) is 0 Å². The summed E-state index contributed by atoms with van der Waals surface area (Å²) in [6.45, 7) is 4.12. The topological polar surface area (TPSA) is 43.6 Å². The molecule has 0 aliphatic carbocycles. The van der Waals surface area contributed by atoms with Crippen LogP contribution in [0.15, 0.2) is 47.4 Å². The van der Waals surface area contributed by atoms with E-state index in [9.17, 15) is 4.79 Å². The summed E-state index contributed by atoms with van der Waals surface area (Å²) in [5, 5.41) is 0.699. The lowest BCUT2D eigenvalue weighted by atomic mass is 10.2. The van der Waals surface area contributed by atoms with Crippen molar-refractivity contribution in [2.75, 3.05) is 0 Å². The highest BCUT2D eigenvalue weighted by Crippen LogP contribution is 2.21. The molecule has 5 heteroatoms. The highest BCUT2D eigenvalue weighted by atomic mass is 35.5. The lowest BCUT2D eigenvalue weighted by molar-refractivity contribution is 0.301. The quantitative estimate of drug-likeness (QED) is 0.742. The number of benzene rings is 1. The Morgan fingerprint density at radius 3 is 2.77 bits per heavy atom. The summed E-state index contributed by atoms with van der Waals surface area (Å²) in [5.74, 6) is 0.702. The average Bonchev–Trinajstić information content (AvgIpc) is 2.48. The first-order chi connectivity index (χ1) is 10.5. The Hall–Kier alpha value is -2.33. The minimum Gasteiger partial charge on any atom is -0.487 e. The largest absolute Gasteiger partial charge is 0.487 e. The number of pyridine rings is 1. The molecule has 3 rings (SSSR count). The Bertz CT molecular complexity index is 903. The van der Waals surface area contributed by atoms with Gasteiger partial charge in [0.15, 0.2) is 0 Å². The van der Waals surface area contributed by atoms with E-state index in [2.05, 4.69) is 4.98 Å². The molecule has 22 heavy (non-hydrogen) atoms. The molecule has 0 bridgehead atoms. The van der Waals surface area contributed by atoms with Gasteiger partial charge in [-0.1, -0.05) is 11.6 Å². The fourth-order valence-corrected chi connectivity index (χ4v) is 2.31. The van der Waals surface area contributed by atoms with Crippen LogP contribution in [0.2, 0.25) is 5.02 Å². The van der Waals surface area contributed by atoms with Crippen molar-refractivity contribution >= 4 is 17.2 Å². The molecule has 0 aliphatic rings. The highest BCUT2D eigenvalue weighted by molar-refractivity contribution is 6.31. The third-order valence-corrected chi connectivity index (χ3v) is 3.82. The van der Waals surface area contributed by atoms with Crippen molar-refractivity contribution in [1.29, 1.82) is 0 Å². The molecular weight excluding hydrogens is 300 g/mol. The molecule has 0 saturated heterocycles. The first-order valence-corrected chi connectivity index (χ1v) is 7.28. The zero-order valence-corrected chi connectivity index (χ0v) is 13.1. The predicted molar refractivity (Wildman–Crippen MR) is 86.7 cm³/mol. The molecule has 0 radical (unpaired) electrons. The van der Waals surface area contributed by atoms with Crippen molar-refractivity contribution in [2.45, 2.75) is 20.5 Å². The lowest BCUT2D eigenvalue weighted by Gasteiger charge is -2.08. The number of aromatic nitrogens is 2. The van der Waals surface area contributed by atoms with Crippen LogP contribution in [0.25, 0.3) is 5.65 Å².